The second kappa shape index (κ2) is 6.04. The van der Waals surface area contributed by atoms with Crippen LogP contribution in [0.25, 0.3) is 5.69 Å². The number of hydrogen-bond donors (Lipinski definition) is 0. The van der Waals surface area contributed by atoms with Gasteiger partial charge in [0.1, 0.15) is 0 Å². The van der Waals surface area contributed by atoms with Crippen LogP contribution in [0.3, 0.4) is 0 Å². The van der Waals surface area contributed by atoms with Gasteiger partial charge >= 0.3 is 11.4 Å². The van der Waals surface area contributed by atoms with Crippen LogP contribution in [-0.2, 0) is 0 Å². The Balaban J connectivity index is 2.56. The van der Waals surface area contributed by atoms with E-state index in [1.165, 1.54) is 29.0 Å². The number of pyridine rings is 1. The monoisotopic (exact) mass is 305 g/mol. The summed E-state index contributed by atoms with van der Waals surface area (Å²) in [4.78, 5) is 31.7. The smallest absolute Gasteiger partial charge is 0.332 e. The van der Waals surface area contributed by atoms with E-state index in [-0.39, 0.29) is 18.0 Å². The fourth-order valence-electron chi connectivity index (χ4n) is 1.85. The highest BCUT2D eigenvalue weighted by Crippen LogP contribution is 2.29. The zero-order valence-corrected chi connectivity index (χ0v) is 11.5. The normalized spacial score (nSPS) is 10.2. The summed E-state index contributed by atoms with van der Waals surface area (Å²) < 4.78 is 6.54. The van der Waals surface area contributed by atoms with E-state index in [4.69, 9.17) is 4.74 Å². The van der Waals surface area contributed by atoms with Crippen molar-refractivity contribution < 1.29 is 14.6 Å². The molecule has 0 atom stereocenters. The fourth-order valence-corrected chi connectivity index (χ4v) is 1.85. The van der Waals surface area contributed by atoms with Crippen molar-refractivity contribution in [3.8, 4) is 11.4 Å². The first kappa shape index (κ1) is 15.2. The lowest BCUT2D eigenvalue weighted by Gasteiger charge is -2.09. The largest absolute Gasteiger partial charge is 0.487 e. The molecule has 1 aromatic heterocycles. The van der Waals surface area contributed by atoms with Gasteiger partial charge in [0.05, 0.1) is 22.7 Å². The van der Waals surface area contributed by atoms with Gasteiger partial charge in [-0.25, -0.2) is 0 Å². The van der Waals surface area contributed by atoms with E-state index < -0.39 is 21.0 Å². The molecule has 0 amide bonds. The highest BCUT2D eigenvalue weighted by molar-refractivity contribution is 5.53. The van der Waals surface area contributed by atoms with Crippen LogP contribution >= 0.6 is 0 Å². The molecule has 0 aliphatic heterocycles. The molecule has 114 valence electrons. The number of rotatable bonds is 5. The molecule has 1 aromatic carbocycles. The molecule has 0 spiro atoms. The minimum atomic E-state index is -0.784. The van der Waals surface area contributed by atoms with Crippen molar-refractivity contribution in [3.05, 3.63) is 67.1 Å². The van der Waals surface area contributed by atoms with E-state index in [1.807, 2.05) is 0 Å². The van der Waals surface area contributed by atoms with Crippen molar-refractivity contribution in [1.82, 2.24) is 4.57 Å². The van der Waals surface area contributed by atoms with Gasteiger partial charge in [-0.1, -0.05) is 0 Å². The van der Waals surface area contributed by atoms with E-state index in [0.717, 1.165) is 12.3 Å². The number of benzene rings is 1. The summed E-state index contributed by atoms with van der Waals surface area (Å²) in [5.74, 6) is 0.0475. The summed E-state index contributed by atoms with van der Waals surface area (Å²) in [6, 6.07) is 5.09. The molecular formula is C13H11N3O6. The van der Waals surface area contributed by atoms with Crippen LogP contribution in [0.5, 0.6) is 5.75 Å². The maximum Gasteiger partial charge on any atom is 0.332 e. The Morgan fingerprint density at radius 2 is 1.82 bits per heavy atom. The Bertz CT molecular complexity index is 799. The van der Waals surface area contributed by atoms with Gasteiger partial charge in [-0.3, -0.25) is 25.0 Å². The van der Waals surface area contributed by atoms with Gasteiger partial charge in [0, 0.05) is 30.1 Å². The molecule has 0 unspecified atom stereocenters. The number of ether oxygens (including phenoxy) is 1. The van der Waals surface area contributed by atoms with Crippen LogP contribution in [-0.4, -0.2) is 21.0 Å². The highest BCUT2D eigenvalue weighted by atomic mass is 16.6. The molecule has 9 nitrogen and oxygen atoms in total. The van der Waals surface area contributed by atoms with Crippen molar-refractivity contribution in [1.29, 1.82) is 0 Å². The molecule has 0 N–H and O–H groups in total. The van der Waals surface area contributed by atoms with Crippen LogP contribution in [0.4, 0.5) is 11.4 Å². The second-order valence-corrected chi connectivity index (χ2v) is 4.20. The maximum absolute atomic E-state index is 11.4. The summed E-state index contributed by atoms with van der Waals surface area (Å²) in [5.41, 5.74) is -1.11. The Morgan fingerprint density at radius 3 is 2.41 bits per heavy atom. The van der Waals surface area contributed by atoms with E-state index in [1.54, 1.807) is 6.92 Å². The average molecular weight is 305 g/mol. The first-order chi connectivity index (χ1) is 10.4. The van der Waals surface area contributed by atoms with E-state index in [2.05, 4.69) is 0 Å². The summed E-state index contributed by atoms with van der Waals surface area (Å²) in [7, 11) is 0. The van der Waals surface area contributed by atoms with Gasteiger partial charge in [0.25, 0.3) is 5.43 Å². The number of nitro benzene ring substituents is 1. The Labute approximate surface area is 123 Å². The molecule has 0 aliphatic carbocycles. The van der Waals surface area contributed by atoms with Crippen molar-refractivity contribution in [2.75, 3.05) is 6.61 Å². The van der Waals surface area contributed by atoms with Crippen LogP contribution in [0.1, 0.15) is 6.92 Å². The minimum absolute atomic E-state index is 0.0475. The molecule has 1 heterocycles. The molecule has 0 saturated heterocycles. The topological polar surface area (TPSA) is 118 Å². The molecule has 9 heteroatoms. The zero-order valence-electron chi connectivity index (χ0n) is 11.5. The lowest BCUT2D eigenvalue weighted by atomic mass is 10.2. The summed E-state index contributed by atoms with van der Waals surface area (Å²) in [6.45, 7) is 1.91. The Kier molecular flexibility index (Phi) is 4.16. The van der Waals surface area contributed by atoms with Gasteiger partial charge in [-0.05, 0) is 13.0 Å². The third-order valence-electron chi connectivity index (χ3n) is 2.84. The molecule has 0 fully saturated rings. The third kappa shape index (κ3) is 2.92. The fraction of sp³-hybridized carbons (Fsp3) is 0.154. The van der Waals surface area contributed by atoms with Crippen molar-refractivity contribution in [2.24, 2.45) is 0 Å². The predicted octanol–water partition coefficient (Wildman–Crippen LogP) is 2.05. The predicted molar refractivity (Wildman–Crippen MR) is 76.5 cm³/mol. The van der Waals surface area contributed by atoms with Crippen LogP contribution in [0.2, 0.25) is 0 Å². The van der Waals surface area contributed by atoms with Gasteiger partial charge in [0.15, 0.2) is 5.75 Å². The van der Waals surface area contributed by atoms with Gasteiger partial charge < -0.3 is 9.30 Å². The van der Waals surface area contributed by atoms with Crippen molar-refractivity contribution in [2.45, 2.75) is 6.92 Å². The van der Waals surface area contributed by atoms with E-state index in [9.17, 15) is 25.0 Å². The average Bonchev–Trinajstić information content (AvgIpc) is 2.47. The minimum Gasteiger partial charge on any atom is -0.487 e. The lowest BCUT2D eigenvalue weighted by Crippen LogP contribution is -2.10. The molecule has 0 aliphatic rings. The molecule has 22 heavy (non-hydrogen) atoms. The highest BCUT2D eigenvalue weighted by Gasteiger charge is 2.17. The second-order valence-electron chi connectivity index (χ2n) is 4.20. The Morgan fingerprint density at radius 1 is 1.14 bits per heavy atom. The number of nitro groups is 2. The standard InChI is InChI=1S/C13H11N3O6/c1-2-22-13-7-9(3-4-10(13)15(18)19)14-6-5-12(17)11(8-14)16(20)21/h3-8H,2H2,1H3. The summed E-state index contributed by atoms with van der Waals surface area (Å²) in [5, 5.41) is 21.7. The van der Waals surface area contributed by atoms with Gasteiger partial charge in [-0.15, -0.1) is 0 Å². The van der Waals surface area contributed by atoms with Crippen molar-refractivity contribution >= 4 is 11.4 Å². The number of aromatic nitrogens is 1. The molecule has 0 saturated carbocycles. The Hall–Kier alpha value is -3.23. The first-order valence-corrected chi connectivity index (χ1v) is 6.22. The SMILES string of the molecule is CCOc1cc(-n2ccc(=O)c([N+](=O)[O-])c2)ccc1[N+](=O)[O-]. The third-order valence-corrected chi connectivity index (χ3v) is 2.84. The molecule has 2 rings (SSSR count). The van der Waals surface area contributed by atoms with Gasteiger partial charge in [-0.2, -0.15) is 0 Å². The quantitative estimate of drug-likeness (QED) is 0.616. The van der Waals surface area contributed by atoms with Crippen molar-refractivity contribution in [3.63, 3.8) is 0 Å². The lowest BCUT2D eigenvalue weighted by molar-refractivity contribution is -0.386. The first-order valence-electron chi connectivity index (χ1n) is 6.22. The number of nitrogens with zero attached hydrogens (tertiary/aromatic N) is 3. The number of hydrogen-bond acceptors (Lipinski definition) is 6. The summed E-state index contributed by atoms with van der Waals surface area (Å²) >= 11 is 0. The van der Waals surface area contributed by atoms with Gasteiger partial charge in [0.2, 0.25) is 0 Å². The van der Waals surface area contributed by atoms with E-state index in [0.29, 0.717) is 5.69 Å². The molecular weight excluding hydrogens is 294 g/mol. The maximum atomic E-state index is 11.4. The van der Waals surface area contributed by atoms with Crippen LogP contribution in [0.15, 0.2) is 41.5 Å². The van der Waals surface area contributed by atoms with Crippen LogP contribution < -0.4 is 10.2 Å². The molecule has 2 aromatic rings. The zero-order chi connectivity index (χ0) is 16.3. The molecule has 0 bridgehead atoms. The van der Waals surface area contributed by atoms with Crippen LogP contribution in [0, 0.1) is 20.2 Å². The summed E-state index contributed by atoms with van der Waals surface area (Å²) in [6.07, 6.45) is 2.39. The van der Waals surface area contributed by atoms with E-state index >= 15 is 0 Å². The molecule has 0 radical (unpaired) electrons.